The zero-order chi connectivity index (χ0) is 14.7. The average Bonchev–Trinajstić information content (AvgIpc) is 2.25. The van der Waals surface area contributed by atoms with E-state index in [9.17, 15) is 9.59 Å². The maximum absolute atomic E-state index is 10.6. The van der Waals surface area contributed by atoms with Gasteiger partial charge in [-0.3, -0.25) is 9.59 Å². The van der Waals surface area contributed by atoms with Gasteiger partial charge in [0.1, 0.15) is 12.2 Å². The van der Waals surface area contributed by atoms with Crippen molar-refractivity contribution in [2.45, 2.75) is 46.3 Å². The molecule has 7 heteroatoms. The molecule has 0 aliphatic rings. The minimum Gasteiger partial charge on any atom is -0.463 e. The molecule has 0 amide bonds. The van der Waals surface area contributed by atoms with Crippen molar-refractivity contribution in [3.63, 3.8) is 0 Å². The van der Waals surface area contributed by atoms with Crippen molar-refractivity contribution in [1.82, 2.24) is 0 Å². The van der Waals surface area contributed by atoms with Crippen LogP contribution in [-0.4, -0.2) is 44.2 Å². The van der Waals surface area contributed by atoms with E-state index in [0.717, 1.165) is 0 Å². The molecule has 0 aromatic carbocycles. The topological polar surface area (TPSA) is 80.3 Å². The smallest absolute Gasteiger partial charge is 0.302 e. The van der Waals surface area contributed by atoms with Gasteiger partial charge < -0.3 is 14.2 Å². The maximum atomic E-state index is 10.6. The summed E-state index contributed by atoms with van der Waals surface area (Å²) in [6.45, 7) is 6.62. The van der Waals surface area contributed by atoms with Gasteiger partial charge in [0.2, 0.25) is 0 Å². The van der Waals surface area contributed by atoms with Crippen LogP contribution in [0.1, 0.15) is 34.1 Å². The standard InChI is InChI=1S/C12H22O7/c1-9(18-11(3)13)5-6-16-17-8-15-7-10(2)19-12(4)14/h9-10H,5-8H2,1-4H3. The summed E-state index contributed by atoms with van der Waals surface area (Å²) in [6.07, 6.45) is -0.0141. The fraction of sp³-hybridized carbons (Fsp3) is 0.833. The first-order valence-electron chi connectivity index (χ1n) is 6.08. The lowest BCUT2D eigenvalue weighted by molar-refractivity contribution is -0.339. The Labute approximate surface area is 113 Å². The Hall–Kier alpha value is -1.18. The van der Waals surface area contributed by atoms with Gasteiger partial charge in [-0.25, -0.2) is 9.78 Å². The molecule has 0 aliphatic carbocycles. The molecule has 112 valence electrons. The molecule has 0 radical (unpaired) electrons. The molecular formula is C12H22O7. The van der Waals surface area contributed by atoms with Gasteiger partial charge in [-0.2, -0.15) is 0 Å². The highest BCUT2D eigenvalue weighted by Crippen LogP contribution is 1.99. The molecule has 2 unspecified atom stereocenters. The highest BCUT2D eigenvalue weighted by molar-refractivity contribution is 5.66. The summed E-state index contributed by atoms with van der Waals surface area (Å²) in [5.41, 5.74) is 0. The zero-order valence-electron chi connectivity index (χ0n) is 11.8. The first-order valence-corrected chi connectivity index (χ1v) is 6.08. The lowest BCUT2D eigenvalue weighted by Gasteiger charge is -2.13. The van der Waals surface area contributed by atoms with Gasteiger partial charge in [-0.1, -0.05) is 0 Å². The Kier molecular flexibility index (Phi) is 10.1. The predicted molar refractivity (Wildman–Crippen MR) is 64.9 cm³/mol. The third kappa shape index (κ3) is 13.1. The van der Waals surface area contributed by atoms with Crippen molar-refractivity contribution in [2.24, 2.45) is 0 Å². The van der Waals surface area contributed by atoms with Gasteiger partial charge in [0.25, 0.3) is 0 Å². The van der Waals surface area contributed by atoms with Crippen molar-refractivity contribution < 1.29 is 33.6 Å². The molecule has 0 aromatic heterocycles. The summed E-state index contributed by atoms with van der Waals surface area (Å²) in [5.74, 6) is -0.677. The SMILES string of the molecule is CC(=O)OC(C)CCOOCOCC(C)OC(C)=O. The molecule has 0 aromatic rings. The summed E-state index contributed by atoms with van der Waals surface area (Å²) in [4.78, 5) is 30.8. The quantitative estimate of drug-likeness (QED) is 0.195. The molecule has 0 bridgehead atoms. The van der Waals surface area contributed by atoms with Crippen LogP contribution in [0.2, 0.25) is 0 Å². The highest BCUT2D eigenvalue weighted by atomic mass is 17.2. The molecule has 0 heterocycles. The second-order valence-corrected chi connectivity index (χ2v) is 4.06. The first-order chi connectivity index (χ1) is 8.91. The van der Waals surface area contributed by atoms with Crippen LogP contribution in [0, 0.1) is 0 Å². The summed E-state index contributed by atoms with van der Waals surface area (Å²) in [5, 5.41) is 0. The van der Waals surface area contributed by atoms with Crippen LogP contribution in [0.4, 0.5) is 0 Å². The molecule has 0 saturated carbocycles. The zero-order valence-corrected chi connectivity index (χ0v) is 11.8. The molecule has 0 rings (SSSR count). The van der Waals surface area contributed by atoms with Crippen LogP contribution < -0.4 is 0 Å². The molecule has 7 nitrogen and oxygen atoms in total. The van der Waals surface area contributed by atoms with Crippen LogP contribution >= 0.6 is 0 Å². The summed E-state index contributed by atoms with van der Waals surface area (Å²) >= 11 is 0. The van der Waals surface area contributed by atoms with Crippen molar-refractivity contribution in [3.05, 3.63) is 0 Å². The second kappa shape index (κ2) is 10.7. The number of carbonyl (C=O) groups excluding carboxylic acids is 2. The number of esters is 2. The van der Waals surface area contributed by atoms with E-state index in [-0.39, 0.29) is 44.2 Å². The number of carbonyl (C=O) groups is 2. The third-order valence-electron chi connectivity index (χ3n) is 1.91. The Morgan fingerprint density at radius 1 is 0.947 bits per heavy atom. The summed E-state index contributed by atoms with van der Waals surface area (Å²) in [6, 6.07) is 0. The molecule has 0 saturated heterocycles. The number of hydrogen-bond donors (Lipinski definition) is 0. The molecule has 0 fully saturated rings. The highest BCUT2D eigenvalue weighted by Gasteiger charge is 2.06. The average molecular weight is 278 g/mol. The third-order valence-corrected chi connectivity index (χ3v) is 1.91. The Morgan fingerprint density at radius 2 is 1.53 bits per heavy atom. The van der Waals surface area contributed by atoms with Gasteiger partial charge in [0.15, 0.2) is 6.79 Å². The van der Waals surface area contributed by atoms with Crippen molar-refractivity contribution in [1.29, 1.82) is 0 Å². The largest absolute Gasteiger partial charge is 0.463 e. The molecule has 19 heavy (non-hydrogen) atoms. The second-order valence-electron chi connectivity index (χ2n) is 4.06. The van der Waals surface area contributed by atoms with Crippen LogP contribution in [0.5, 0.6) is 0 Å². The van der Waals surface area contributed by atoms with E-state index < -0.39 is 0 Å². The molecular weight excluding hydrogens is 256 g/mol. The maximum Gasteiger partial charge on any atom is 0.302 e. The van der Waals surface area contributed by atoms with E-state index >= 15 is 0 Å². The van der Waals surface area contributed by atoms with Crippen LogP contribution in [0.15, 0.2) is 0 Å². The predicted octanol–water partition coefficient (Wildman–Crippen LogP) is 1.20. The fourth-order valence-electron chi connectivity index (χ4n) is 1.21. The van der Waals surface area contributed by atoms with Crippen molar-refractivity contribution in [2.75, 3.05) is 20.0 Å². The van der Waals surface area contributed by atoms with Gasteiger partial charge >= 0.3 is 11.9 Å². The Balaban J connectivity index is 3.31. The van der Waals surface area contributed by atoms with E-state index in [4.69, 9.17) is 24.0 Å². The molecule has 0 aliphatic heterocycles. The van der Waals surface area contributed by atoms with E-state index in [1.54, 1.807) is 13.8 Å². The normalized spacial score (nSPS) is 13.7. The molecule has 0 N–H and O–H groups in total. The van der Waals surface area contributed by atoms with Gasteiger partial charge in [0, 0.05) is 20.3 Å². The Bertz CT molecular complexity index is 241. The van der Waals surface area contributed by atoms with Crippen LogP contribution in [0.3, 0.4) is 0 Å². The van der Waals surface area contributed by atoms with E-state index in [0.29, 0.717) is 6.42 Å². The Morgan fingerprint density at radius 3 is 2.11 bits per heavy atom. The lowest BCUT2D eigenvalue weighted by Crippen LogP contribution is -2.20. The number of hydrogen-bond acceptors (Lipinski definition) is 7. The van der Waals surface area contributed by atoms with Gasteiger partial charge in [0.05, 0.1) is 13.2 Å². The van der Waals surface area contributed by atoms with Gasteiger partial charge in [-0.05, 0) is 13.8 Å². The van der Waals surface area contributed by atoms with Crippen molar-refractivity contribution in [3.8, 4) is 0 Å². The van der Waals surface area contributed by atoms with Crippen LogP contribution in [-0.2, 0) is 33.6 Å². The van der Waals surface area contributed by atoms with Crippen LogP contribution in [0.25, 0.3) is 0 Å². The van der Waals surface area contributed by atoms with Crippen molar-refractivity contribution >= 4 is 11.9 Å². The number of ether oxygens (including phenoxy) is 3. The van der Waals surface area contributed by atoms with E-state index in [1.807, 2.05) is 0 Å². The van der Waals surface area contributed by atoms with E-state index in [2.05, 4.69) is 0 Å². The monoisotopic (exact) mass is 278 g/mol. The summed E-state index contributed by atoms with van der Waals surface area (Å²) in [7, 11) is 0. The minimum atomic E-state index is -0.354. The first kappa shape index (κ1) is 17.8. The fourth-order valence-corrected chi connectivity index (χ4v) is 1.21. The van der Waals surface area contributed by atoms with Gasteiger partial charge in [-0.15, -0.1) is 0 Å². The number of rotatable bonds is 10. The van der Waals surface area contributed by atoms with E-state index in [1.165, 1.54) is 13.8 Å². The lowest BCUT2D eigenvalue weighted by atomic mass is 10.3. The minimum absolute atomic E-state index is 0.0620. The molecule has 2 atom stereocenters. The summed E-state index contributed by atoms with van der Waals surface area (Å²) < 4.78 is 14.8. The molecule has 0 spiro atoms.